The molecule has 4 atom stereocenters. The largest absolute Gasteiger partial charge is 0.481 e. The van der Waals surface area contributed by atoms with Crippen LogP contribution in [0.1, 0.15) is 56.9 Å². The Morgan fingerprint density at radius 2 is 1.68 bits per heavy atom. The van der Waals surface area contributed by atoms with Crippen LogP contribution in [0.15, 0.2) is 30.3 Å². The number of rotatable bonds is 11. The van der Waals surface area contributed by atoms with E-state index in [1.54, 1.807) is 11.8 Å². The van der Waals surface area contributed by atoms with Crippen molar-refractivity contribution in [3.8, 4) is 11.2 Å². The summed E-state index contributed by atoms with van der Waals surface area (Å²) in [6.45, 7) is 0. The fourth-order valence-corrected chi connectivity index (χ4v) is 4.69. The summed E-state index contributed by atoms with van der Waals surface area (Å²) in [5.74, 6) is 3.59. The van der Waals surface area contributed by atoms with Crippen molar-refractivity contribution in [3.63, 3.8) is 0 Å². The Kier molecular flexibility index (Phi) is 10.5. The highest BCUT2D eigenvalue weighted by Gasteiger charge is 2.40. The van der Waals surface area contributed by atoms with E-state index >= 15 is 0 Å². The predicted octanol–water partition coefficient (Wildman–Crippen LogP) is 4.10. The van der Waals surface area contributed by atoms with Gasteiger partial charge in [-0.2, -0.15) is 0 Å². The second-order valence-electron chi connectivity index (χ2n) is 7.62. The number of carbonyl (C=O) groups is 1. The lowest BCUT2D eigenvalue weighted by Gasteiger charge is -2.23. The van der Waals surface area contributed by atoms with Crippen molar-refractivity contribution in [2.24, 2.45) is 11.8 Å². The molecule has 28 heavy (non-hydrogen) atoms. The highest BCUT2D eigenvalue weighted by atomic mass is 32.2. The molecular weight excluding hydrogens is 372 g/mol. The van der Waals surface area contributed by atoms with Crippen molar-refractivity contribution in [1.82, 2.24) is 0 Å². The lowest BCUT2D eigenvalue weighted by molar-refractivity contribution is -0.137. The van der Waals surface area contributed by atoms with Gasteiger partial charge in [-0.05, 0) is 48.3 Å². The first-order chi connectivity index (χ1) is 13.6. The zero-order valence-electron chi connectivity index (χ0n) is 16.4. The Morgan fingerprint density at radius 1 is 1.00 bits per heavy atom. The first kappa shape index (κ1) is 22.8. The fourth-order valence-electron chi connectivity index (χ4n) is 4.02. The fraction of sp³-hybridized carbons (Fsp3) is 0.609. The molecule has 0 aromatic heterocycles. The van der Waals surface area contributed by atoms with Gasteiger partial charge in [-0.3, -0.25) is 4.79 Å². The maximum Gasteiger partial charge on any atom is 0.303 e. The second kappa shape index (κ2) is 12.9. The summed E-state index contributed by atoms with van der Waals surface area (Å²) in [4.78, 5) is 10.5. The molecule has 0 spiro atoms. The Balaban J connectivity index is 1.66. The molecule has 1 aliphatic carbocycles. The molecule has 0 aliphatic heterocycles. The van der Waals surface area contributed by atoms with E-state index in [-0.39, 0.29) is 18.3 Å². The minimum Gasteiger partial charge on any atom is -0.481 e. The number of carboxylic acid groups (broad SMARTS) is 1. The van der Waals surface area contributed by atoms with Crippen LogP contribution >= 0.6 is 11.8 Å². The Hall–Kier alpha value is -1.48. The molecule has 154 valence electrons. The second-order valence-corrected chi connectivity index (χ2v) is 8.52. The number of hydrogen-bond acceptors (Lipinski definition) is 4. The van der Waals surface area contributed by atoms with Crippen LogP contribution in [0.3, 0.4) is 0 Å². The zero-order valence-corrected chi connectivity index (χ0v) is 17.2. The lowest BCUT2D eigenvalue weighted by atomic mass is 9.87. The molecule has 3 N–H and O–H groups in total. The van der Waals surface area contributed by atoms with E-state index in [0.717, 1.165) is 44.3 Å². The number of thioether (sulfide) groups is 1. The molecule has 0 heterocycles. The molecule has 1 unspecified atom stereocenters. The molecule has 0 bridgehead atoms. The molecule has 1 saturated carbocycles. The average molecular weight is 405 g/mol. The number of unbranched alkanes of at least 4 members (excludes halogenated alkanes) is 3. The van der Waals surface area contributed by atoms with Crippen molar-refractivity contribution in [2.75, 3.05) is 5.75 Å². The molecule has 4 nitrogen and oxygen atoms in total. The minimum absolute atomic E-state index is 0.137. The SMILES string of the molecule is O=C(O)CCCCCC[C@@H]1C(CCSC#CCc2ccccc2)[C@H](O)C[C@@H]1O. The summed E-state index contributed by atoms with van der Waals surface area (Å²) in [6, 6.07) is 10.2. The van der Waals surface area contributed by atoms with Crippen molar-refractivity contribution < 1.29 is 20.1 Å². The molecule has 5 heteroatoms. The van der Waals surface area contributed by atoms with Crippen molar-refractivity contribution in [3.05, 3.63) is 35.9 Å². The van der Waals surface area contributed by atoms with Gasteiger partial charge in [-0.25, -0.2) is 0 Å². The zero-order chi connectivity index (χ0) is 20.2. The van der Waals surface area contributed by atoms with Gasteiger partial charge in [-0.1, -0.05) is 67.3 Å². The summed E-state index contributed by atoms with van der Waals surface area (Å²) in [5.41, 5.74) is 1.22. The van der Waals surface area contributed by atoms with Crippen LogP contribution < -0.4 is 0 Å². The molecule has 0 amide bonds. The first-order valence-corrected chi connectivity index (χ1v) is 11.3. The number of aliphatic hydroxyl groups is 2. The Morgan fingerprint density at radius 3 is 2.39 bits per heavy atom. The van der Waals surface area contributed by atoms with Gasteiger partial charge in [0.1, 0.15) is 0 Å². The van der Waals surface area contributed by atoms with Crippen LogP contribution in [0.2, 0.25) is 0 Å². The molecular formula is C23H32O4S. The van der Waals surface area contributed by atoms with E-state index < -0.39 is 18.2 Å². The smallest absolute Gasteiger partial charge is 0.303 e. The number of aliphatic hydroxyl groups excluding tert-OH is 2. The molecule has 1 aromatic carbocycles. The van der Waals surface area contributed by atoms with Crippen LogP contribution in [-0.2, 0) is 11.2 Å². The maximum atomic E-state index is 10.5. The van der Waals surface area contributed by atoms with Gasteiger partial charge in [0.2, 0.25) is 0 Å². The predicted molar refractivity (Wildman–Crippen MR) is 114 cm³/mol. The highest BCUT2D eigenvalue weighted by Crippen LogP contribution is 2.38. The third-order valence-corrected chi connectivity index (χ3v) is 6.26. The van der Waals surface area contributed by atoms with Gasteiger partial charge in [0.15, 0.2) is 0 Å². The van der Waals surface area contributed by atoms with E-state index in [9.17, 15) is 15.0 Å². The van der Waals surface area contributed by atoms with Crippen LogP contribution in [0.4, 0.5) is 0 Å². The monoisotopic (exact) mass is 404 g/mol. The summed E-state index contributed by atoms with van der Waals surface area (Å²) in [7, 11) is 0. The summed E-state index contributed by atoms with van der Waals surface area (Å²) < 4.78 is 0. The molecule has 0 radical (unpaired) electrons. The van der Waals surface area contributed by atoms with Gasteiger partial charge >= 0.3 is 5.97 Å². The van der Waals surface area contributed by atoms with Gasteiger partial charge in [0.25, 0.3) is 0 Å². The third-order valence-electron chi connectivity index (χ3n) is 5.53. The average Bonchev–Trinajstić information content (AvgIpc) is 2.94. The number of carboxylic acids is 1. The molecule has 1 fully saturated rings. The van der Waals surface area contributed by atoms with Crippen molar-refractivity contribution in [2.45, 2.75) is 70.0 Å². The molecule has 1 aliphatic rings. The summed E-state index contributed by atoms with van der Waals surface area (Å²) in [5, 5.41) is 32.4. The maximum absolute atomic E-state index is 10.5. The quantitative estimate of drug-likeness (QED) is 0.382. The van der Waals surface area contributed by atoms with Crippen LogP contribution in [0.25, 0.3) is 0 Å². The Labute approximate surface area is 172 Å². The topological polar surface area (TPSA) is 77.8 Å². The molecule has 0 saturated heterocycles. The van der Waals surface area contributed by atoms with Crippen LogP contribution in [0, 0.1) is 23.0 Å². The summed E-state index contributed by atoms with van der Waals surface area (Å²) >= 11 is 1.59. The summed E-state index contributed by atoms with van der Waals surface area (Å²) in [6.07, 6.45) is 5.97. The normalized spacial score (nSPS) is 23.9. The van der Waals surface area contributed by atoms with Crippen molar-refractivity contribution in [1.29, 1.82) is 0 Å². The van der Waals surface area contributed by atoms with E-state index in [1.807, 2.05) is 18.2 Å². The van der Waals surface area contributed by atoms with Gasteiger partial charge < -0.3 is 15.3 Å². The third kappa shape index (κ3) is 8.26. The number of hydrogen-bond donors (Lipinski definition) is 3. The van der Waals surface area contributed by atoms with E-state index in [0.29, 0.717) is 12.8 Å². The standard InChI is InChI=1S/C23H32O4S/c24-21-17-22(25)20(19(21)12-6-1-2-7-13-23(26)27)14-16-28-15-8-11-18-9-4-3-5-10-18/h3-5,9-10,19-22,24-25H,1-2,6-7,11-14,16-17H2,(H,26,27)/t19-,20?,21+,22-/m1/s1. The molecule has 1 aromatic rings. The van der Waals surface area contributed by atoms with Gasteiger partial charge in [0.05, 0.1) is 12.2 Å². The Bertz CT molecular complexity index is 637. The van der Waals surface area contributed by atoms with Gasteiger partial charge in [-0.15, -0.1) is 0 Å². The van der Waals surface area contributed by atoms with Crippen LogP contribution in [0.5, 0.6) is 0 Å². The van der Waals surface area contributed by atoms with Crippen molar-refractivity contribution >= 4 is 17.7 Å². The van der Waals surface area contributed by atoms with E-state index in [4.69, 9.17) is 5.11 Å². The van der Waals surface area contributed by atoms with E-state index in [2.05, 4.69) is 23.3 Å². The lowest BCUT2D eigenvalue weighted by Crippen LogP contribution is -2.22. The number of benzene rings is 1. The molecule has 2 rings (SSSR count). The minimum atomic E-state index is -0.737. The highest BCUT2D eigenvalue weighted by molar-refractivity contribution is 8.03. The van der Waals surface area contributed by atoms with Gasteiger partial charge in [0, 0.05) is 18.6 Å². The van der Waals surface area contributed by atoms with Crippen LogP contribution in [-0.4, -0.2) is 39.2 Å². The number of aliphatic carboxylic acids is 1. The first-order valence-electron chi connectivity index (χ1n) is 10.3. The van der Waals surface area contributed by atoms with E-state index in [1.165, 1.54) is 5.56 Å².